The molecule has 1 saturated heterocycles. The van der Waals surface area contributed by atoms with Crippen molar-refractivity contribution in [2.45, 2.75) is 13.3 Å². The molecule has 1 fully saturated rings. The summed E-state index contributed by atoms with van der Waals surface area (Å²) in [6, 6.07) is 9.74. The predicted octanol–water partition coefficient (Wildman–Crippen LogP) is 0.965. The molecule has 23 heavy (non-hydrogen) atoms. The number of hydrogen-bond acceptors (Lipinski definition) is 5. The van der Waals surface area contributed by atoms with Gasteiger partial charge in [-0.3, -0.25) is 9.59 Å². The second-order valence-electron chi connectivity index (χ2n) is 5.46. The lowest BCUT2D eigenvalue weighted by Gasteiger charge is -2.33. The maximum absolute atomic E-state index is 12.4. The van der Waals surface area contributed by atoms with E-state index in [0.717, 1.165) is 5.56 Å². The topological polar surface area (TPSA) is 79.5 Å². The fourth-order valence-electron chi connectivity index (χ4n) is 2.54. The van der Waals surface area contributed by atoms with Crippen molar-refractivity contribution in [2.24, 2.45) is 0 Å². The molecule has 0 radical (unpaired) electrons. The van der Waals surface area contributed by atoms with Gasteiger partial charge < -0.3 is 14.2 Å². The normalized spacial score (nSPS) is 14.8. The van der Waals surface area contributed by atoms with Crippen molar-refractivity contribution in [3.63, 3.8) is 0 Å². The van der Waals surface area contributed by atoms with Crippen LogP contribution in [-0.2, 0) is 11.2 Å². The highest BCUT2D eigenvalue weighted by molar-refractivity contribution is 5.89. The lowest BCUT2D eigenvalue weighted by molar-refractivity contribution is -0.130. The van der Waals surface area contributed by atoms with Gasteiger partial charge in [0.2, 0.25) is 11.8 Å². The Hall–Kier alpha value is -2.70. The summed E-state index contributed by atoms with van der Waals surface area (Å²) in [4.78, 5) is 27.0. The predicted molar refractivity (Wildman–Crippen MR) is 81.7 cm³/mol. The Morgan fingerprint density at radius 1 is 1.04 bits per heavy atom. The highest BCUT2D eigenvalue weighted by atomic mass is 16.4. The van der Waals surface area contributed by atoms with Crippen molar-refractivity contribution in [3.8, 4) is 0 Å². The van der Waals surface area contributed by atoms with Crippen LogP contribution in [0, 0.1) is 0 Å². The Balaban J connectivity index is 1.62. The molecule has 0 N–H and O–H groups in total. The van der Waals surface area contributed by atoms with Crippen LogP contribution < -0.4 is 0 Å². The Labute approximate surface area is 133 Å². The molecule has 120 valence electrons. The molecule has 7 heteroatoms. The third-order valence-electron chi connectivity index (χ3n) is 3.86. The van der Waals surface area contributed by atoms with Gasteiger partial charge in [0.05, 0.1) is 6.42 Å². The van der Waals surface area contributed by atoms with Crippen LogP contribution in [-0.4, -0.2) is 58.0 Å². The van der Waals surface area contributed by atoms with Crippen LogP contribution in [0.4, 0.5) is 0 Å². The van der Waals surface area contributed by atoms with Crippen LogP contribution in [0.3, 0.4) is 0 Å². The molecule has 3 rings (SSSR count). The molecule has 2 aromatic rings. The molecule has 0 bridgehead atoms. The summed E-state index contributed by atoms with van der Waals surface area (Å²) in [5.74, 6) is 0.175. The molecule has 0 aliphatic carbocycles. The number of carbonyl (C=O) groups excluding carboxylic acids is 2. The molecule has 2 amide bonds. The van der Waals surface area contributed by atoms with E-state index in [9.17, 15) is 9.59 Å². The average molecular weight is 314 g/mol. The second kappa shape index (κ2) is 6.60. The quantitative estimate of drug-likeness (QED) is 0.843. The van der Waals surface area contributed by atoms with Crippen molar-refractivity contribution >= 4 is 11.8 Å². The van der Waals surface area contributed by atoms with Gasteiger partial charge in [-0.25, -0.2) is 0 Å². The van der Waals surface area contributed by atoms with Crippen molar-refractivity contribution in [3.05, 3.63) is 47.7 Å². The highest BCUT2D eigenvalue weighted by Gasteiger charge is 2.26. The Morgan fingerprint density at radius 3 is 2.35 bits per heavy atom. The van der Waals surface area contributed by atoms with Gasteiger partial charge in [-0.15, -0.1) is 10.2 Å². The molecule has 2 heterocycles. The maximum Gasteiger partial charge on any atom is 0.311 e. The van der Waals surface area contributed by atoms with Gasteiger partial charge in [0, 0.05) is 33.1 Å². The number of hydrogen-bond donors (Lipinski definition) is 0. The van der Waals surface area contributed by atoms with Crippen LogP contribution in [0.1, 0.15) is 29.1 Å². The zero-order chi connectivity index (χ0) is 16.2. The van der Waals surface area contributed by atoms with Gasteiger partial charge in [0.15, 0.2) is 0 Å². The Bertz CT molecular complexity index is 690. The van der Waals surface area contributed by atoms with Crippen molar-refractivity contribution in [1.82, 2.24) is 20.0 Å². The average Bonchev–Trinajstić information content (AvgIpc) is 3.03. The van der Waals surface area contributed by atoms with Gasteiger partial charge in [0.1, 0.15) is 0 Å². The molecule has 1 aromatic heterocycles. The third kappa shape index (κ3) is 3.56. The number of rotatable bonds is 3. The minimum Gasteiger partial charge on any atom is -0.417 e. The summed E-state index contributed by atoms with van der Waals surface area (Å²) < 4.78 is 5.48. The molecule has 1 aromatic carbocycles. The van der Waals surface area contributed by atoms with Gasteiger partial charge in [-0.1, -0.05) is 30.3 Å². The first-order chi connectivity index (χ1) is 11.1. The molecule has 0 unspecified atom stereocenters. The van der Waals surface area contributed by atoms with E-state index in [2.05, 4.69) is 10.2 Å². The van der Waals surface area contributed by atoms with Crippen LogP contribution in [0.25, 0.3) is 0 Å². The summed E-state index contributed by atoms with van der Waals surface area (Å²) in [5.41, 5.74) is 1.05. The fourth-order valence-corrected chi connectivity index (χ4v) is 2.54. The summed E-state index contributed by atoms with van der Waals surface area (Å²) >= 11 is 0. The zero-order valence-corrected chi connectivity index (χ0v) is 12.9. The Morgan fingerprint density at radius 2 is 1.70 bits per heavy atom. The summed E-state index contributed by atoms with van der Waals surface area (Å²) in [6.45, 7) is 3.56. The van der Waals surface area contributed by atoms with E-state index in [1.54, 1.807) is 9.80 Å². The largest absolute Gasteiger partial charge is 0.417 e. The lowest BCUT2D eigenvalue weighted by atomic mass is 10.2. The van der Waals surface area contributed by atoms with Gasteiger partial charge >= 0.3 is 11.8 Å². The smallest absolute Gasteiger partial charge is 0.311 e. The van der Waals surface area contributed by atoms with Crippen LogP contribution >= 0.6 is 0 Å². The van der Waals surface area contributed by atoms with Gasteiger partial charge in [0.25, 0.3) is 0 Å². The van der Waals surface area contributed by atoms with E-state index in [4.69, 9.17) is 4.42 Å². The molecule has 1 aliphatic heterocycles. The first-order valence-electron chi connectivity index (χ1n) is 7.54. The first-order valence-corrected chi connectivity index (χ1v) is 7.54. The molecule has 1 aliphatic rings. The van der Waals surface area contributed by atoms with Gasteiger partial charge in [-0.2, -0.15) is 0 Å². The zero-order valence-electron chi connectivity index (χ0n) is 12.9. The van der Waals surface area contributed by atoms with Gasteiger partial charge in [-0.05, 0) is 5.56 Å². The summed E-state index contributed by atoms with van der Waals surface area (Å²) in [6.07, 6.45) is 0.499. The van der Waals surface area contributed by atoms with Crippen LogP contribution in [0.15, 0.2) is 34.7 Å². The second-order valence-corrected chi connectivity index (χ2v) is 5.46. The minimum absolute atomic E-state index is 0.00667. The SMILES string of the molecule is CC(=O)N1CCN(C(=O)c2nnc(Cc3ccccc3)o2)CC1. The number of nitrogens with zero attached hydrogens (tertiary/aromatic N) is 4. The van der Waals surface area contributed by atoms with E-state index in [1.807, 2.05) is 30.3 Å². The molecule has 0 saturated carbocycles. The highest BCUT2D eigenvalue weighted by Crippen LogP contribution is 2.11. The molecular weight excluding hydrogens is 296 g/mol. The molecule has 0 spiro atoms. The van der Waals surface area contributed by atoms with Crippen molar-refractivity contribution < 1.29 is 14.0 Å². The fraction of sp³-hybridized carbons (Fsp3) is 0.375. The van der Waals surface area contributed by atoms with E-state index in [0.29, 0.717) is 38.5 Å². The van der Waals surface area contributed by atoms with E-state index in [-0.39, 0.29) is 17.7 Å². The standard InChI is InChI=1S/C16H18N4O3/c1-12(21)19-7-9-20(10-8-19)16(22)15-18-17-14(23-15)11-13-5-3-2-4-6-13/h2-6H,7-11H2,1H3. The molecular formula is C16H18N4O3. The minimum atomic E-state index is -0.278. The number of carbonyl (C=O) groups is 2. The summed E-state index contributed by atoms with van der Waals surface area (Å²) in [7, 11) is 0. The van der Waals surface area contributed by atoms with Crippen molar-refractivity contribution in [1.29, 1.82) is 0 Å². The number of piperazine rings is 1. The van der Waals surface area contributed by atoms with E-state index < -0.39 is 0 Å². The number of aromatic nitrogens is 2. The van der Waals surface area contributed by atoms with Crippen LogP contribution in [0.2, 0.25) is 0 Å². The Kier molecular flexibility index (Phi) is 4.36. The first kappa shape index (κ1) is 15.2. The molecule has 0 atom stereocenters. The lowest BCUT2D eigenvalue weighted by Crippen LogP contribution is -2.50. The van der Waals surface area contributed by atoms with Crippen LogP contribution in [0.5, 0.6) is 0 Å². The van der Waals surface area contributed by atoms with E-state index in [1.165, 1.54) is 6.92 Å². The number of benzene rings is 1. The summed E-state index contributed by atoms with van der Waals surface area (Å²) in [5, 5.41) is 7.80. The monoisotopic (exact) mass is 314 g/mol. The number of amides is 2. The van der Waals surface area contributed by atoms with Crippen molar-refractivity contribution in [2.75, 3.05) is 26.2 Å². The third-order valence-corrected chi connectivity index (χ3v) is 3.86. The van der Waals surface area contributed by atoms with E-state index >= 15 is 0 Å². The maximum atomic E-state index is 12.4. The molecule has 7 nitrogen and oxygen atoms in total.